The number of imidazole rings is 1. The molecule has 0 aliphatic carbocycles. The summed E-state index contributed by atoms with van der Waals surface area (Å²) in [5.41, 5.74) is 2.78. The van der Waals surface area contributed by atoms with E-state index in [1.165, 1.54) is 0 Å². The first kappa shape index (κ1) is 18.6. The van der Waals surface area contributed by atoms with E-state index in [9.17, 15) is 9.59 Å². The van der Waals surface area contributed by atoms with Gasteiger partial charge in [0, 0.05) is 30.6 Å². The third-order valence-electron chi connectivity index (χ3n) is 5.18. The highest BCUT2D eigenvalue weighted by molar-refractivity contribution is 7.98. The zero-order valence-electron chi connectivity index (χ0n) is 15.9. The number of carbonyl (C=O) groups excluding carboxylic acids is 2. The van der Waals surface area contributed by atoms with Crippen LogP contribution in [0, 0.1) is 5.92 Å². The summed E-state index contributed by atoms with van der Waals surface area (Å²) in [6.45, 7) is 0.753. The molecule has 6 nitrogen and oxygen atoms in total. The van der Waals surface area contributed by atoms with Gasteiger partial charge in [0.15, 0.2) is 0 Å². The van der Waals surface area contributed by atoms with Crippen molar-refractivity contribution in [2.45, 2.75) is 17.9 Å². The molecule has 1 aliphatic heterocycles. The van der Waals surface area contributed by atoms with Crippen molar-refractivity contribution in [3.05, 3.63) is 54.4 Å². The second-order valence-electron chi connectivity index (χ2n) is 6.90. The monoisotopic (exact) mass is 394 g/mol. The number of anilines is 1. The van der Waals surface area contributed by atoms with Crippen LogP contribution in [0.2, 0.25) is 0 Å². The van der Waals surface area contributed by atoms with Crippen LogP contribution in [0.25, 0.3) is 11.0 Å². The molecule has 3 aromatic rings. The Bertz CT molecular complexity index is 1030. The van der Waals surface area contributed by atoms with Gasteiger partial charge in [0.1, 0.15) is 5.82 Å². The van der Waals surface area contributed by atoms with E-state index in [1.54, 1.807) is 16.7 Å². The maximum absolute atomic E-state index is 12.6. The molecule has 1 saturated heterocycles. The van der Waals surface area contributed by atoms with Gasteiger partial charge < -0.3 is 14.8 Å². The molecular weight excluding hydrogens is 372 g/mol. The third kappa shape index (κ3) is 3.49. The van der Waals surface area contributed by atoms with E-state index in [-0.39, 0.29) is 24.2 Å². The molecule has 1 aliphatic rings. The van der Waals surface area contributed by atoms with Gasteiger partial charge in [0.05, 0.1) is 23.5 Å². The predicted molar refractivity (Wildman–Crippen MR) is 111 cm³/mol. The van der Waals surface area contributed by atoms with Gasteiger partial charge in [0.2, 0.25) is 11.8 Å². The van der Waals surface area contributed by atoms with Crippen LogP contribution in [0.3, 0.4) is 0 Å². The third-order valence-corrected chi connectivity index (χ3v) is 5.92. The highest BCUT2D eigenvalue weighted by Gasteiger charge is 2.35. The number of nitrogens with zero attached hydrogens (tertiary/aromatic N) is 3. The summed E-state index contributed by atoms with van der Waals surface area (Å²) in [4.78, 5) is 32.5. The van der Waals surface area contributed by atoms with Gasteiger partial charge in [-0.15, -0.1) is 11.8 Å². The number of nitrogens with one attached hydrogen (secondary N) is 1. The lowest BCUT2D eigenvalue weighted by atomic mass is 10.1. The van der Waals surface area contributed by atoms with E-state index in [2.05, 4.69) is 10.3 Å². The van der Waals surface area contributed by atoms with Crippen LogP contribution in [0.4, 0.5) is 5.69 Å². The number of carbonyl (C=O) groups is 2. The van der Waals surface area contributed by atoms with Gasteiger partial charge in [-0.25, -0.2) is 4.98 Å². The molecule has 4 rings (SSSR count). The number of hydrogen-bond acceptors (Lipinski definition) is 4. The highest BCUT2D eigenvalue weighted by Crippen LogP contribution is 2.27. The summed E-state index contributed by atoms with van der Waals surface area (Å²) in [7, 11) is 1.94. The molecule has 0 radical (unpaired) electrons. The van der Waals surface area contributed by atoms with Gasteiger partial charge in [-0.2, -0.15) is 0 Å². The van der Waals surface area contributed by atoms with Crippen LogP contribution >= 0.6 is 11.8 Å². The van der Waals surface area contributed by atoms with Crippen molar-refractivity contribution in [3.63, 3.8) is 0 Å². The van der Waals surface area contributed by atoms with Gasteiger partial charge in [-0.1, -0.05) is 12.1 Å². The number of aromatic nitrogens is 2. The van der Waals surface area contributed by atoms with E-state index in [0.29, 0.717) is 13.1 Å². The lowest BCUT2D eigenvalue weighted by Crippen LogP contribution is -2.33. The topological polar surface area (TPSA) is 67.2 Å². The quantitative estimate of drug-likeness (QED) is 0.676. The van der Waals surface area contributed by atoms with Crippen molar-refractivity contribution in [2.75, 3.05) is 17.7 Å². The minimum Gasteiger partial charge on any atom is -0.349 e. The first-order valence-corrected chi connectivity index (χ1v) is 10.4. The molecule has 0 bridgehead atoms. The maximum atomic E-state index is 12.6. The molecule has 1 atom stereocenters. The Kier molecular flexibility index (Phi) is 5.09. The van der Waals surface area contributed by atoms with E-state index in [0.717, 1.165) is 27.4 Å². The summed E-state index contributed by atoms with van der Waals surface area (Å²) in [6, 6.07) is 15.7. The average molecular weight is 395 g/mol. The average Bonchev–Trinajstić information content (AvgIpc) is 3.27. The number of para-hydroxylation sites is 2. The van der Waals surface area contributed by atoms with Crippen molar-refractivity contribution in [1.82, 2.24) is 14.9 Å². The molecule has 2 aromatic carbocycles. The number of fused-ring (bicyclic) bond motifs is 1. The first-order valence-electron chi connectivity index (χ1n) is 9.19. The number of benzene rings is 2. The Morgan fingerprint density at radius 1 is 1.21 bits per heavy atom. The molecule has 7 heteroatoms. The maximum Gasteiger partial charge on any atom is 0.227 e. The van der Waals surface area contributed by atoms with Crippen LogP contribution in [0.15, 0.2) is 53.4 Å². The molecule has 0 spiro atoms. The fraction of sp³-hybridized carbons (Fsp3) is 0.286. The van der Waals surface area contributed by atoms with Crippen LogP contribution in [0.1, 0.15) is 12.2 Å². The molecule has 1 N–H and O–H groups in total. The van der Waals surface area contributed by atoms with Crippen molar-refractivity contribution in [3.8, 4) is 0 Å². The van der Waals surface area contributed by atoms with Crippen LogP contribution < -0.4 is 10.2 Å². The van der Waals surface area contributed by atoms with E-state index in [1.807, 2.05) is 66.4 Å². The van der Waals surface area contributed by atoms with Crippen molar-refractivity contribution in [2.24, 2.45) is 13.0 Å². The molecule has 0 saturated carbocycles. The normalized spacial score (nSPS) is 16.7. The van der Waals surface area contributed by atoms with E-state index in [4.69, 9.17) is 0 Å². The van der Waals surface area contributed by atoms with Crippen molar-refractivity contribution < 1.29 is 9.59 Å². The SMILES string of the molecule is CSc1ccc(N2CC(C(=O)NCc3nc4ccccc4n3C)CC2=O)cc1. The highest BCUT2D eigenvalue weighted by atomic mass is 32.2. The number of aryl methyl sites for hydroxylation is 1. The Labute approximate surface area is 167 Å². The van der Waals surface area contributed by atoms with Gasteiger partial charge in [-0.3, -0.25) is 9.59 Å². The minimum absolute atomic E-state index is 0.0141. The van der Waals surface area contributed by atoms with E-state index < -0.39 is 0 Å². The van der Waals surface area contributed by atoms with E-state index >= 15 is 0 Å². The molecule has 144 valence electrons. The number of amides is 2. The second kappa shape index (κ2) is 7.67. The lowest BCUT2D eigenvalue weighted by Gasteiger charge is -2.17. The second-order valence-corrected chi connectivity index (χ2v) is 7.78. The van der Waals surface area contributed by atoms with Crippen molar-refractivity contribution in [1.29, 1.82) is 0 Å². The molecule has 1 unspecified atom stereocenters. The summed E-state index contributed by atoms with van der Waals surface area (Å²) < 4.78 is 1.98. The van der Waals surface area contributed by atoms with Crippen molar-refractivity contribution >= 4 is 40.3 Å². The van der Waals surface area contributed by atoms with Gasteiger partial charge in [0.25, 0.3) is 0 Å². The Balaban J connectivity index is 1.41. The summed E-state index contributed by atoms with van der Waals surface area (Å²) in [6.07, 6.45) is 2.25. The summed E-state index contributed by atoms with van der Waals surface area (Å²) in [5.74, 6) is 0.328. The first-order chi connectivity index (χ1) is 13.6. The van der Waals surface area contributed by atoms with Crippen LogP contribution in [0.5, 0.6) is 0 Å². The van der Waals surface area contributed by atoms with Crippen LogP contribution in [-0.2, 0) is 23.2 Å². The number of rotatable bonds is 5. The molecule has 28 heavy (non-hydrogen) atoms. The fourth-order valence-corrected chi connectivity index (χ4v) is 3.97. The smallest absolute Gasteiger partial charge is 0.227 e. The summed E-state index contributed by atoms with van der Waals surface area (Å²) >= 11 is 1.66. The lowest BCUT2D eigenvalue weighted by molar-refractivity contribution is -0.126. The number of thioether (sulfide) groups is 1. The minimum atomic E-state index is -0.345. The molecular formula is C21H22N4O2S. The Hall–Kier alpha value is -2.80. The molecule has 1 aromatic heterocycles. The molecule has 2 amide bonds. The fourth-order valence-electron chi connectivity index (χ4n) is 3.56. The largest absolute Gasteiger partial charge is 0.349 e. The zero-order valence-corrected chi connectivity index (χ0v) is 16.7. The summed E-state index contributed by atoms with van der Waals surface area (Å²) in [5, 5.41) is 2.95. The standard InChI is InChI=1S/C21H22N4O2S/c1-24-18-6-4-3-5-17(18)23-19(24)12-22-21(27)14-11-20(26)25(13-14)15-7-9-16(28-2)10-8-15/h3-10,14H,11-13H2,1-2H3,(H,22,27). The van der Waals surface area contributed by atoms with Gasteiger partial charge >= 0.3 is 0 Å². The molecule has 2 heterocycles. The Morgan fingerprint density at radius 3 is 2.68 bits per heavy atom. The van der Waals surface area contributed by atoms with Crippen LogP contribution in [-0.4, -0.2) is 34.2 Å². The zero-order chi connectivity index (χ0) is 19.7. The van der Waals surface area contributed by atoms with Gasteiger partial charge in [-0.05, 0) is 42.7 Å². The predicted octanol–water partition coefficient (Wildman–Crippen LogP) is 2.96. The Morgan fingerprint density at radius 2 is 1.96 bits per heavy atom. The molecule has 1 fully saturated rings. The number of hydrogen-bond donors (Lipinski definition) is 1.